The molecule has 0 heterocycles. The fourth-order valence-electron chi connectivity index (χ4n) is 1.43. The molecule has 0 aromatic heterocycles. The third-order valence-electron chi connectivity index (χ3n) is 2.46. The maximum atomic E-state index is 13.1. The molecule has 0 amide bonds. The molecule has 1 fully saturated rings. The fraction of sp³-hybridized carbons (Fsp3) is 0.400. The van der Waals surface area contributed by atoms with Gasteiger partial charge in [0, 0.05) is 18.2 Å². The zero-order valence-electron chi connectivity index (χ0n) is 7.49. The van der Waals surface area contributed by atoms with Crippen LogP contribution >= 0.6 is 0 Å². The Morgan fingerprint density at radius 1 is 1.14 bits per heavy atom. The molecule has 1 N–H and O–H groups in total. The summed E-state index contributed by atoms with van der Waals surface area (Å²) in [5.74, 6) is -2.91. The van der Waals surface area contributed by atoms with Gasteiger partial charge in [-0.05, 0) is 19.3 Å². The van der Waals surface area contributed by atoms with E-state index in [1.807, 2.05) is 0 Å². The Balaban J connectivity index is 2.22. The molecule has 1 aliphatic rings. The Hall–Kier alpha value is -1.19. The van der Waals surface area contributed by atoms with Crippen LogP contribution in [0.1, 0.15) is 19.3 Å². The highest BCUT2D eigenvalue weighted by Gasteiger charge is 2.20. The van der Waals surface area contributed by atoms with Crippen molar-refractivity contribution in [2.45, 2.75) is 25.3 Å². The van der Waals surface area contributed by atoms with Gasteiger partial charge in [-0.2, -0.15) is 0 Å². The van der Waals surface area contributed by atoms with E-state index in [-0.39, 0.29) is 11.7 Å². The Bertz CT molecular complexity index is 347. The molecular formula is C10H10F3N. The number of nitrogens with one attached hydrogen (secondary N) is 1. The van der Waals surface area contributed by atoms with Gasteiger partial charge in [0.25, 0.3) is 0 Å². The van der Waals surface area contributed by atoms with Crippen LogP contribution in [0.25, 0.3) is 0 Å². The largest absolute Gasteiger partial charge is 0.380 e. The summed E-state index contributed by atoms with van der Waals surface area (Å²) in [4.78, 5) is 0. The zero-order chi connectivity index (χ0) is 10.1. The maximum absolute atomic E-state index is 13.1. The van der Waals surface area contributed by atoms with Crippen molar-refractivity contribution in [2.75, 3.05) is 5.32 Å². The van der Waals surface area contributed by atoms with E-state index < -0.39 is 17.5 Å². The molecule has 0 spiro atoms. The smallest absolute Gasteiger partial charge is 0.182 e. The first-order valence-electron chi connectivity index (χ1n) is 4.58. The summed E-state index contributed by atoms with van der Waals surface area (Å²) < 4.78 is 38.6. The fourth-order valence-corrected chi connectivity index (χ4v) is 1.43. The topological polar surface area (TPSA) is 12.0 Å². The highest BCUT2D eigenvalue weighted by Crippen LogP contribution is 2.26. The van der Waals surface area contributed by atoms with Gasteiger partial charge in [-0.15, -0.1) is 0 Å². The Kier molecular flexibility index (Phi) is 2.35. The van der Waals surface area contributed by atoms with Gasteiger partial charge in [-0.3, -0.25) is 0 Å². The Morgan fingerprint density at radius 2 is 1.86 bits per heavy atom. The second kappa shape index (κ2) is 3.52. The summed E-state index contributed by atoms with van der Waals surface area (Å²) in [5, 5.41) is 2.77. The number of rotatable bonds is 2. The predicted octanol–water partition coefficient (Wildman–Crippen LogP) is 3.07. The van der Waals surface area contributed by atoms with Crippen molar-refractivity contribution in [1.29, 1.82) is 0 Å². The third-order valence-corrected chi connectivity index (χ3v) is 2.46. The van der Waals surface area contributed by atoms with Crippen LogP contribution in [0, 0.1) is 17.5 Å². The van der Waals surface area contributed by atoms with Gasteiger partial charge < -0.3 is 5.32 Å². The average molecular weight is 201 g/mol. The summed E-state index contributed by atoms with van der Waals surface area (Å²) in [6.45, 7) is 0. The highest BCUT2D eigenvalue weighted by molar-refractivity contribution is 5.46. The van der Waals surface area contributed by atoms with Crippen molar-refractivity contribution in [3.05, 3.63) is 29.6 Å². The standard InChI is InChI=1S/C10H10F3N/c11-6-4-8(12)10(13)9(5-6)14-7-2-1-3-7/h4-5,7,14H,1-3H2. The Labute approximate surface area is 79.9 Å². The summed E-state index contributed by atoms with van der Waals surface area (Å²) in [5.41, 5.74) is -0.0767. The van der Waals surface area contributed by atoms with Crippen LogP contribution in [-0.4, -0.2) is 6.04 Å². The van der Waals surface area contributed by atoms with E-state index in [0.29, 0.717) is 6.07 Å². The van der Waals surface area contributed by atoms with E-state index in [9.17, 15) is 13.2 Å². The molecule has 1 aromatic carbocycles. The molecule has 0 unspecified atom stereocenters. The molecule has 0 saturated heterocycles. The second-order valence-corrected chi connectivity index (χ2v) is 3.52. The summed E-state index contributed by atoms with van der Waals surface area (Å²) >= 11 is 0. The van der Waals surface area contributed by atoms with E-state index in [2.05, 4.69) is 5.32 Å². The molecule has 0 radical (unpaired) electrons. The lowest BCUT2D eigenvalue weighted by Gasteiger charge is -2.27. The van der Waals surface area contributed by atoms with E-state index in [4.69, 9.17) is 0 Å². The monoisotopic (exact) mass is 201 g/mol. The molecule has 4 heteroatoms. The molecule has 0 bridgehead atoms. The van der Waals surface area contributed by atoms with Crippen LogP contribution in [0.3, 0.4) is 0 Å². The molecule has 1 saturated carbocycles. The summed E-state index contributed by atoms with van der Waals surface area (Å²) in [7, 11) is 0. The Morgan fingerprint density at radius 3 is 2.43 bits per heavy atom. The van der Waals surface area contributed by atoms with Crippen LogP contribution in [0.2, 0.25) is 0 Å². The first-order chi connectivity index (χ1) is 6.66. The molecular weight excluding hydrogens is 191 g/mol. The van der Waals surface area contributed by atoms with Gasteiger partial charge in [0.05, 0.1) is 5.69 Å². The number of benzene rings is 1. The zero-order valence-corrected chi connectivity index (χ0v) is 7.49. The van der Waals surface area contributed by atoms with Gasteiger partial charge in [0.1, 0.15) is 5.82 Å². The number of anilines is 1. The number of hydrogen-bond acceptors (Lipinski definition) is 1. The van der Waals surface area contributed by atoms with Crippen molar-refractivity contribution >= 4 is 5.69 Å². The maximum Gasteiger partial charge on any atom is 0.182 e. The lowest BCUT2D eigenvalue weighted by Crippen LogP contribution is -2.27. The normalized spacial score (nSPS) is 16.5. The van der Waals surface area contributed by atoms with Crippen molar-refractivity contribution < 1.29 is 13.2 Å². The quantitative estimate of drug-likeness (QED) is 0.725. The van der Waals surface area contributed by atoms with Gasteiger partial charge >= 0.3 is 0 Å². The predicted molar refractivity (Wildman–Crippen MR) is 47.6 cm³/mol. The van der Waals surface area contributed by atoms with E-state index in [1.54, 1.807) is 0 Å². The molecule has 14 heavy (non-hydrogen) atoms. The van der Waals surface area contributed by atoms with Crippen molar-refractivity contribution in [3.63, 3.8) is 0 Å². The second-order valence-electron chi connectivity index (χ2n) is 3.52. The lowest BCUT2D eigenvalue weighted by molar-refractivity contribution is 0.438. The van der Waals surface area contributed by atoms with Crippen molar-refractivity contribution in [2.24, 2.45) is 0 Å². The third kappa shape index (κ3) is 1.69. The summed E-state index contributed by atoms with van der Waals surface area (Å²) in [6.07, 6.45) is 2.94. The lowest BCUT2D eigenvalue weighted by atomic mass is 9.93. The van der Waals surface area contributed by atoms with E-state index >= 15 is 0 Å². The molecule has 0 atom stereocenters. The van der Waals surface area contributed by atoms with Crippen LogP contribution in [-0.2, 0) is 0 Å². The molecule has 1 nitrogen and oxygen atoms in total. The van der Waals surface area contributed by atoms with Crippen LogP contribution in [0.5, 0.6) is 0 Å². The van der Waals surface area contributed by atoms with Gasteiger partial charge in [-0.1, -0.05) is 0 Å². The van der Waals surface area contributed by atoms with Crippen molar-refractivity contribution in [3.8, 4) is 0 Å². The first-order valence-corrected chi connectivity index (χ1v) is 4.58. The molecule has 76 valence electrons. The van der Waals surface area contributed by atoms with Gasteiger partial charge in [-0.25, -0.2) is 13.2 Å². The van der Waals surface area contributed by atoms with Crippen molar-refractivity contribution in [1.82, 2.24) is 0 Å². The number of hydrogen-bond donors (Lipinski definition) is 1. The highest BCUT2D eigenvalue weighted by atomic mass is 19.2. The molecule has 2 rings (SSSR count). The van der Waals surface area contributed by atoms with Gasteiger partial charge in [0.15, 0.2) is 11.6 Å². The minimum absolute atomic E-state index is 0.0767. The van der Waals surface area contributed by atoms with Crippen LogP contribution in [0.4, 0.5) is 18.9 Å². The summed E-state index contributed by atoms with van der Waals surface area (Å²) in [6, 6.07) is 1.68. The van der Waals surface area contributed by atoms with E-state index in [0.717, 1.165) is 25.3 Å². The van der Waals surface area contributed by atoms with Crippen LogP contribution in [0.15, 0.2) is 12.1 Å². The average Bonchev–Trinajstić information content (AvgIpc) is 2.05. The first kappa shape index (κ1) is 9.37. The van der Waals surface area contributed by atoms with Crippen LogP contribution < -0.4 is 5.32 Å². The SMILES string of the molecule is Fc1cc(F)c(F)c(NC2CCC2)c1. The van der Waals surface area contributed by atoms with E-state index in [1.165, 1.54) is 0 Å². The molecule has 1 aromatic rings. The minimum atomic E-state index is -1.15. The number of halogens is 3. The minimum Gasteiger partial charge on any atom is -0.380 e. The molecule has 0 aliphatic heterocycles. The molecule has 1 aliphatic carbocycles. The van der Waals surface area contributed by atoms with Gasteiger partial charge in [0.2, 0.25) is 0 Å².